The van der Waals surface area contributed by atoms with Crippen LogP contribution in [-0.4, -0.2) is 45.1 Å². The Bertz CT molecular complexity index is 550. The molecule has 6 heteroatoms. The molecule has 2 atom stereocenters. The van der Waals surface area contributed by atoms with Gasteiger partial charge in [0, 0.05) is 31.9 Å². The predicted octanol–water partition coefficient (Wildman–Crippen LogP) is 0.478. The first-order chi connectivity index (χ1) is 10.1. The summed E-state index contributed by atoms with van der Waals surface area (Å²) in [7, 11) is 1.90. The zero-order chi connectivity index (χ0) is 15.0. The molecule has 1 aliphatic heterocycles. The van der Waals surface area contributed by atoms with Crippen LogP contribution in [0.5, 0.6) is 0 Å². The maximum absolute atomic E-state index is 12.6. The minimum atomic E-state index is -0.362. The number of carbonyl (C=O) groups is 2. The fourth-order valence-electron chi connectivity index (χ4n) is 3.09. The maximum atomic E-state index is 12.6. The lowest BCUT2D eigenvalue weighted by molar-refractivity contribution is -0.150. The number of aryl methyl sites for hydroxylation is 1. The van der Waals surface area contributed by atoms with Crippen molar-refractivity contribution in [3.05, 3.63) is 18.0 Å². The van der Waals surface area contributed by atoms with E-state index in [-0.39, 0.29) is 23.9 Å². The molecule has 21 heavy (non-hydrogen) atoms. The van der Waals surface area contributed by atoms with Crippen molar-refractivity contribution in [3.63, 3.8) is 0 Å². The predicted molar refractivity (Wildman–Crippen MR) is 77.4 cm³/mol. The zero-order valence-electron chi connectivity index (χ0n) is 12.6. The van der Waals surface area contributed by atoms with Crippen LogP contribution in [0, 0.1) is 5.92 Å². The molecule has 1 saturated carbocycles. The number of amides is 2. The van der Waals surface area contributed by atoms with Gasteiger partial charge in [-0.3, -0.25) is 14.3 Å². The summed E-state index contributed by atoms with van der Waals surface area (Å²) in [6.07, 6.45) is 5.22. The third-order valence-electron chi connectivity index (χ3n) is 4.51. The Morgan fingerprint density at radius 2 is 2.14 bits per heavy atom. The van der Waals surface area contributed by atoms with Gasteiger partial charge in [-0.25, -0.2) is 0 Å². The highest BCUT2D eigenvalue weighted by Crippen LogP contribution is 2.37. The summed E-state index contributed by atoms with van der Waals surface area (Å²) in [6, 6.07) is 1.32. The molecule has 1 N–H and O–H groups in total. The second kappa shape index (κ2) is 5.50. The molecule has 6 nitrogen and oxygen atoms in total. The van der Waals surface area contributed by atoms with Crippen LogP contribution in [0.2, 0.25) is 0 Å². The van der Waals surface area contributed by atoms with Gasteiger partial charge in [-0.15, -0.1) is 0 Å². The summed E-state index contributed by atoms with van der Waals surface area (Å²) in [5.41, 5.74) is 1.08. The van der Waals surface area contributed by atoms with Gasteiger partial charge in [-0.05, 0) is 31.2 Å². The Kier molecular flexibility index (Phi) is 3.69. The second-order valence-corrected chi connectivity index (χ2v) is 5.98. The van der Waals surface area contributed by atoms with E-state index in [1.54, 1.807) is 11.1 Å². The zero-order valence-corrected chi connectivity index (χ0v) is 12.6. The van der Waals surface area contributed by atoms with Gasteiger partial charge in [0.15, 0.2) is 0 Å². The van der Waals surface area contributed by atoms with Crippen LogP contribution in [0.25, 0.3) is 0 Å². The lowest BCUT2D eigenvalue weighted by Crippen LogP contribution is -2.64. The summed E-state index contributed by atoms with van der Waals surface area (Å²) in [5, 5.41) is 7.02. The van der Waals surface area contributed by atoms with Crippen LogP contribution in [0.4, 0.5) is 0 Å². The van der Waals surface area contributed by atoms with Crippen LogP contribution in [0.15, 0.2) is 12.3 Å². The first-order valence-corrected chi connectivity index (χ1v) is 7.69. The third-order valence-corrected chi connectivity index (χ3v) is 4.51. The Morgan fingerprint density at radius 1 is 1.38 bits per heavy atom. The van der Waals surface area contributed by atoms with E-state index in [4.69, 9.17) is 0 Å². The summed E-state index contributed by atoms with van der Waals surface area (Å²) in [4.78, 5) is 26.7. The van der Waals surface area contributed by atoms with E-state index < -0.39 is 0 Å². The standard InChI is InChI=1S/C15H22N4O2/c1-3-12-15(21)19(9-7-11-6-8-16-18(11)2)13(10-4-5-10)14(20)17-12/h6,8,10,12-13H,3-5,7,9H2,1-2H3,(H,17,20). The largest absolute Gasteiger partial charge is 0.343 e. The average molecular weight is 290 g/mol. The summed E-state index contributed by atoms with van der Waals surface area (Å²) < 4.78 is 1.82. The van der Waals surface area contributed by atoms with Gasteiger partial charge in [0.05, 0.1) is 0 Å². The van der Waals surface area contributed by atoms with Gasteiger partial charge < -0.3 is 10.2 Å². The van der Waals surface area contributed by atoms with Crippen molar-refractivity contribution in [1.82, 2.24) is 20.0 Å². The van der Waals surface area contributed by atoms with E-state index in [0.717, 1.165) is 25.0 Å². The molecule has 2 unspecified atom stereocenters. The number of carbonyl (C=O) groups excluding carboxylic acids is 2. The van der Waals surface area contributed by atoms with E-state index in [2.05, 4.69) is 10.4 Å². The number of rotatable bonds is 5. The van der Waals surface area contributed by atoms with Crippen LogP contribution in [-0.2, 0) is 23.1 Å². The van der Waals surface area contributed by atoms with Crippen LogP contribution in [0.3, 0.4) is 0 Å². The molecule has 0 aromatic carbocycles. The molecule has 0 bridgehead atoms. The monoisotopic (exact) mass is 290 g/mol. The molecule has 3 rings (SSSR count). The Labute approximate surface area is 124 Å². The lowest BCUT2D eigenvalue weighted by atomic mass is 10.0. The fourth-order valence-corrected chi connectivity index (χ4v) is 3.09. The van der Waals surface area contributed by atoms with Crippen LogP contribution >= 0.6 is 0 Å². The van der Waals surface area contributed by atoms with E-state index in [9.17, 15) is 9.59 Å². The first kappa shape index (κ1) is 14.1. The minimum Gasteiger partial charge on any atom is -0.343 e. The van der Waals surface area contributed by atoms with E-state index in [0.29, 0.717) is 18.9 Å². The van der Waals surface area contributed by atoms with Gasteiger partial charge in [-0.1, -0.05) is 6.92 Å². The van der Waals surface area contributed by atoms with Crippen molar-refractivity contribution in [3.8, 4) is 0 Å². The van der Waals surface area contributed by atoms with Gasteiger partial charge in [0.2, 0.25) is 11.8 Å². The van der Waals surface area contributed by atoms with Gasteiger partial charge in [0.25, 0.3) is 0 Å². The molecular weight excluding hydrogens is 268 g/mol. The molecule has 2 heterocycles. The molecule has 114 valence electrons. The molecule has 2 fully saturated rings. The Hall–Kier alpha value is -1.85. The molecule has 0 spiro atoms. The van der Waals surface area contributed by atoms with Gasteiger partial charge in [0.1, 0.15) is 12.1 Å². The SMILES string of the molecule is CCC1NC(=O)C(C2CC2)N(CCc2ccnn2C)C1=O. The van der Waals surface area contributed by atoms with Crippen molar-refractivity contribution >= 4 is 11.8 Å². The Morgan fingerprint density at radius 3 is 2.71 bits per heavy atom. The maximum Gasteiger partial charge on any atom is 0.245 e. The number of hydrogen-bond donors (Lipinski definition) is 1. The number of hydrogen-bond acceptors (Lipinski definition) is 3. The van der Waals surface area contributed by atoms with Crippen LogP contribution in [0.1, 0.15) is 31.9 Å². The minimum absolute atomic E-state index is 0.0222. The van der Waals surface area contributed by atoms with Crippen molar-refractivity contribution < 1.29 is 9.59 Å². The first-order valence-electron chi connectivity index (χ1n) is 7.69. The number of aromatic nitrogens is 2. The van der Waals surface area contributed by atoms with E-state index >= 15 is 0 Å². The van der Waals surface area contributed by atoms with Crippen molar-refractivity contribution in [2.75, 3.05) is 6.54 Å². The summed E-state index contributed by atoms with van der Waals surface area (Å²) in [6.45, 7) is 2.52. The van der Waals surface area contributed by atoms with E-state index in [1.807, 2.05) is 24.7 Å². The van der Waals surface area contributed by atoms with Gasteiger partial charge in [-0.2, -0.15) is 5.10 Å². The molecule has 1 aliphatic carbocycles. The second-order valence-electron chi connectivity index (χ2n) is 5.98. The van der Waals surface area contributed by atoms with E-state index in [1.165, 1.54) is 0 Å². The Balaban J connectivity index is 1.75. The average Bonchev–Trinajstić information content (AvgIpc) is 3.22. The third kappa shape index (κ3) is 2.66. The highest BCUT2D eigenvalue weighted by Gasteiger charge is 2.47. The molecular formula is C15H22N4O2. The quantitative estimate of drug-likeness (QED) is 0.857. The van der Waals surface area contributed by atoms with Crippen molar-refractivity contribution in [2.45, 2.75) is 44.7 Å². The number of nitrogens with one attached hydrogen (secondary N) is 1. The number of nitrogens with zero attached hydrogens (tertiary/aromatic N) is 3. The summed E-state index contributed by atoms with van der Waals surface area (Å²) in [5.74, 6) is 0.434. The molecule has 2 amide bonds. The lowest BCUT2D eigenvalue weighted by Gasteiger charge is -2.39. The molecule has 0 radical (unpaired) electrons. The highest BCUT2D eigenvalue weighted by atomic mass is 16.2. The van der Waals surface area contributed by atoms with Gasteiger partial charge >= 0.3 is 0 Å². The summed E-state index contributed by atoms with van der Waals surface area (Å²) >= 11 is 0. The molecule has 1 aromatic heterocycles. The number of piperazine rings is 1. The molecule has 2 aliphatic rings. The fraction of sp³-hybridized carbons (Fsp3) is 0.667. The normalized spacial score (nSPS) is 26.1. The van der Waals surface area contributed by atoms with Crippen molar-refractivity contribution in [2.24, 2.45) is 13.0 Å². The highest BCUT2D eigenvalue weighted by molar-refractivity contribution is 5.97. The molecule has 1 aromatic rings. The molecule has 1 saturated heterocycles. The van der Waals surface area contributed by atoms with Crippen molar-refractivity contribution in [1.29, 1.82) is 0 Å². The van der Waals surface area contributed by atoms with Crippen LogP contribution < -0.4 is 5.32 Å². The topological polar surface area (TPSA) is 67.2 Å². The smallest absolute Gasteiger partial charge is 0.245 e.